The zero-order chi connectivity index (χ0) is 18.8. The molecule has 0 bridgehead atoms. The second kappa shape index (κ2) is 7.23. The number of hydrogen-bond donors (Lipinski definition) is 0. The van der Waals surface area contributed by atoms with E-state index in [4.69, 9.17) is 5.10 Å². The summed E-state index contributed by atoms with van der Waals surface area (Å²) in [5.41, 5.74) is 5.03. The summed E-state index contributed by atoms with van der Waals surface area (Å²) in [5.74, 6) is 0.0520. The van der Waals surface area contributed by atoms with E-state index in [1.165, 1.54) is 5.69 Å². The molecule has 1 fully saturated rings. The summed E-state index contributed by atoms with van der Waals surface area (Å²) < 4.78 is 2.00. The minimum absolute atomic E-state index is 0.0520. The van der Waals surface area contributed by atoms with Gasteiger partial charge in [0.05, 0.1) is 28.3 Å². The Balaban J connectivity index is 1.50. The summed E-state index contributed by atoms with van der Waals surface area (Å²) in [4.78, 5) is 20.9. The minimum Gasteiger partial charge on any atom is -0.365 e. The first-order valence-electron chi connectivity index (χ1n) is 9.21. The maximum atomic E-state index is 12.6. The van der Waals surface area contributed by atoms with Crippen LogP contribution in [0.5, 0.6) is 0 Å². The summed E-state index contributed by atoms with van der Waals surface area (Å²) in [6.45, 7) is 7.15. The van der Waals surface area contributed by atoms with Crippen LogP contribution in [-0.4, -0.2) is 51.8 Å². The predicted octanol–water partition coefficient (Wildman–Crippen LogP) is 2.85. The number of benzene rings is 1. The van der Waals surface area contributed by atoms with Crippen LogP contribution in [0, 0.1) is 13.8 Å². The maximum absolute atomic E-state index is 12.6. The van der Waals surface area contributed by atoms with Crippen molar-refractivity contribution in [3.05, 3.63) is 71.8 Å². The molecule has 3 aromatic rings. The molecule has 138 valence electrons. The number of nitrogens with zero attached hydrogens (tertiary/aromatic N) is 5. The van der Waals surface area contributed by atoms with Gasteiger partial charge >= 0.3 is 0 Å². The molecule has 0 N–H and O–H groups in total. The van der Waals surface area contributed by atoms with Gasteiger partial charge in [-0.15, -0.1) is 0 Å². The largest absolute Gasteiger partial charge is 0.365 e. The van der Waals surface area contributed by atoms with E-state index in [1.807, 2.05) is 33.8 Å². The van der Waals surface area contributed by atoms with E-state index in [2.05, 4.69) is 35.9 Å². The van der Waals surface area contributed by atoms with E-state index in [-0.39, 0.29) is 5.91 Å². The highest BCUT2D eigenvalue weighted by atomic mass is 16.2. The van der Waals surface area contributed by atoms with E-state index < -0.39 is 0 Å². The summed E-state index contributed by atoms with van der Waals surface area (Å²) in [5, 5.41) is 4.74. The second-order valence-corrected chi connectivity index (χ2v) is 6.79. The first kappa shape index (κ1) is 17.3. The van der Waals surface area contributed by atoms with Gasteiger partial charge in [0, 0.05) is 38.6 Å². The molecule has 6 heteroatoms. The lowest BCUT2D eigenvalue weighted by atomic mass is 10.2. The third-order valence-electron chi connectivity index (χ3n) is 5.05. The third-order valence-corrected chi connectivity index (χ3v) is 5.05. The van der Waals surface area contributed by atoms with Gasteiger partial charge in [-0.25, -0.2) is 4.68 Å². The zero-order valence-electron chi connectivity index (χ0n) is 15.7. The number of piperazine rings is 1. The summed E-state index contributed by atoms with van der Waals surface area (Å²) in [7, 11) is 0. The molecule has 6 nitrogen and oxygen atoms in total. The Labute approximate surface area is 159 Å². The van der Waals surface area contributed by atoms with E-state index in [9.17, 15) is 4.79 Å². The highest BCUT2D eigenvalue weighted by molar-refractivity contribution is 5.94. The number of pyridine rings is 1. The van der Waals surface area contributed by atoms with Crippen LogP contribution in [0.25, 0.3) is 5.69 Å². The quantitative estimate of drug-likeness (QED) is 0.720. The molecule has 1 saturated heterocycles. The van der Waals surface area contributed by atoms with Crippen molar-refractivity contribution in [1.29, 1.82) is 0 Å². The van der Waals surface area contributed by atoms with Crippen LogP contribution in [0.2, 0.25) is 0 Å². The number of amides is 1. The smallest absolute Gasteiger partial charge is 0.255 e. The normalized spacial score (nSPS) is 14.4. The van der Waals surface area contributed by atoms with Crippen LogP contribution >= 0.6 is 0 Å². The Hall–Kier alpha value is -3.15. The van der Waals surface area contributed by atoms with Gasteiger partial charge in [-0.05, 0) is 38.1 Å². The molecule has 2 aromatic heterocycles. The van der Waals surface area contributed by atoms with E-state index in [0.717, 1.165) is 30.2 Å². The molecule has 1 amide bonds. The Kier molecular flexibility index (Phi) is 4.62. The summed E-state index contributed by atoms with van der Waals surface area (Å²) in [6.07, 6.45) is 3.32. The highest BCUT2D eigenvalue weighted by Crippen LogP contribution is 2.27. The molecule has 0 atom stereocenters. The number of hydrogen-bond acceptors (Lipinski definition) is 4. The Morgan fingerprint density at radius 3 is 2.37 bits per heavy atom. The van der Waals surface area contributed by atoms with Crippen molar-refractivity contribution in [2.75, 3.05) is 31.1 Å². The minimum atomic E-state index is 0.0520. The fourth-order valence-electron chi connectivity index (χ4n) is 3.72. The van der Waals surface area contributed by atoms with E-state index in [1.54, 1.807) is 18.5 Å². The van der Waals surface area contributed by atoms with E-state index in [0.29, 0.717) is 18.7 Å². The lowest BCUT2D eigenvalue weighted by Gasteiger charge is -2.36. The number of carbonyl (C=O) groups is 1. The number of carbonyl (C=O) groups excluding carboxylic acids is 1. The molecule has 0 radical (unpaired) electrons. The van der Waals surface area contributed by atoms with Gasteiger partial charge in [0.25, 0.3) is 5.91 Å². The van der Waals surface area contributed by atoms with Crippen LogP contribution in [0.15, 0.2) is 54.9 Å². The van der Waals surface area contributed by atoms with Crippen LogP contribution in [0.4, 0.5) is 5.69 Å². The summed E-state index contributed by atoms with van der Waals surface area (Å²) >= 11 is 0. The van der Waals surface area contributed by atoms with Crippen molar-refractivity contribution in [1.82, 2.24) is 19.7 Å². The molecule has 1 aliphatic rings. The van der Waals surface area contributed by atoms with Gasteiger partial charge in [-0.3, -0.25) is 9.78 Å². The van der Waals surface area contributed by atoms with Gasteiger partial charge in [0.15, 0.2) is 0 Å². The second-order valence-electron chi connectivity index (χ2n) is 6.79. The van der Waals surface area contributed by atoms with Gasteiger partial charge in [-0.2, -0.15) is 5.10 Å². The molecular weight excluding hydrogens is 338 g/mol. The number of para-hydroxylation sites is 1. The molecular formula is C21H23N5O. The highest BCUT2D eigenvalue weighted by Gasteiger charge is 2.26. The molecule has 3 heterocycles. The molecule has 4 rings (SSSR count). The van der Waals surface area contributed by atoms with Crippen LogP contribution in [0.1, 0.15) is 21.7 Å². The van der Waals surface area contributed by atoms with Gasteiger partial charge in [0.2, 0.25) is 0 Å². The van der Waals surface area contributed by atoms with Gasteiger partial charge in [0.1, 0.15) is 0 Å². The molecule has 0 unspecified atom stereocenters. The Morgan fingerprint density at radius 1 is 0.963 bits per heavy atom. The number of anilines is 1. The average Bonchev–Trinajstić information content (AvgIpc) is 3.03. The van der Waals surface area contributed by atoms with Gasteiger partial charge in [-0.1, -0.05) is 18.2 Å². The zero-order valence-corrected chi connectivity index (χ0v) is 15.7. The van der Waals surface area contributed by atoms with Crippen molar-refractivity contribution in [2.45, 2.75) is 13.8 Å². The molecule has 0 aliphatic carbocycles. The van der Waals surface area contributed by atoms with Crippen LogP contribution in [0.3, 0.4) is 0 Å². The molecule has 27 heavy (non-hydrogen) atoms. The first-order chi connectivity index (χ1) is 13.1. The fraction of sp³-hybridized carbons (Fsp3) is 0.286. The van der Waals surface area contributed by atoms with Crippen molar-refractivity contribution in [3.63, 3.8) is 0 Å². The standard InChI is InChI=1S/C21H23N5O/c1-16-20(17(2)26(23-16)19-8-4-3-5-9-19)24-11-13-25(14-12-24)21(27)18-7-6-10-22-15-18/h3-10,15H,11-14H2,1-2H3. The van der Waals surface area contributed by atoms with E-state index >= 15 is 0 Å². The molecule has 1 aromatic carbocycles. The molecule has 0 saturated carbocycles. The number of aryl methyl sites for hydroxylation is 1. The fourth-order valence-corrected chi connectivity index (χ4v) is 3.72. The van der Waals surface area contributed by atoms with Gasteiger partial charge < -0.3 is 9.80 Å². The number of rotatable bonds is 3. The monoisotopic (exact) mass is 361 g/mol. The number of aromatic nitrogens is 3. The van der Waals surface area contributed by atoms with Crippen molar-refractivity contribution >= 4 is 11.6 Å². The predicted molar refractivity (Wildman–Crippen MR) is 105 cm³/mol. The average molecular weight is 361 g/mol. The lowest BCUT2D eigenvalue weighted by Crippen LogP contribution is -2.49. The molecule has 1 aliphatic heterocycles. The Morgan fingerprint density at radius 2 is 1.70 bits per heavy atom. The van der Waals surface area contributed by atoms with Crippen molar-refractivity contribution in [3.8, 4) is 5.69 Å². The maximum Gasteiger partial charge on any atom is 0.255 e. The topological polar surface area (TPSA) is 54.3 Å². The third kappa shape index (κ3) is 3.30. The van der Waals surface area contributed by atoms with Crippen molar-refractivity contribution in [2.24, 2.45) is 0 Å². The van der Waals surface area contributed by atoms with Crippen LogP contribution < -0.4 is 4.90 Å². The first-order valence-corrected chi connectivity index (χ1v) is 9.21. The van der Waals surface area contributed by atoms with Crippen molar-refractivity contribution < 1.29 is 4.79 Å². The Bertz CT molecular complexity index is 928. The molecule has 0 spiro atoms. The van der Waals surface area contributed by atoms with Crippen LogP contribution in [-0.2, 0) is 0 Å². The summed E-state index contributed by atoms with van der Waals surface area (Å²) in [6, 6.07) is 13.8. The SMILES string of the molecule is Cc1nn(-c2ccccc2)c(C)c1N1CCN(C(=O)c2cccnc2)CC1. The lowest BCUT2D eigenvalue weighted by molar-refractivity contribution is 0.0746.